The lowest BCUT2D eigenvalue weighted by Gasteiger charge is -2.36. The van der Waals surface area contributed by atoms with Crippen molar-refractivity contribution < 1.29 is 24.2 Å². The van der Waals surface area contributed by atoms with Crippen LogP contribution in [0, 0.1) is 6.92 Å². The molecule has 3 aromatic carbocycles. The molecule has 9 nitrogen and oxygen atoms in total. The number of fused-ring (bicyclic) bond motifs is 2. The van der Waals surface area contributed by atoms with Gasteiger partial charge in [0.05, 0.1) is 31.0 Å². The molecule has 1 aromatic heterocycles. The number of carbonyl (C=O) groups excluding carboxylic acids is 3. The standard InChI is InChI=1S/C33H34N4O5/c1-20-9-4-5-10-21(20)17-36-28-13-8-14-30(42-3)24(28)16-26(33(36)41)34-31(39)29-15-22(38)18-37(29)32(40)25-19-35(2)27-12-7-6-11-23(25)27/h4-14,19,22,26,29,38H,15-18H2,1-3H3,(H,34,39)/t22-,26?,29?/m1/s1. The van der Waals surface area contributed by atoms with Gasteiger partial charge in [-0.25, -0.2) is 0 Å². The second kappa shape index (κ2) is 11.0. The van der Waals surface area contributed by atoms with E-state index in [-0.39, 0.29) is 31.2 Å². The quantitative estimate of drug-likeness (QED) is 0.373. The summed E-state index contributed by atoms with van der Waals surface area (Å²) >= 11 is 0. The number of aliphatic hydroxyl groups excluding tert-OH is 1. The Balaban J connectivity index is 1.28. The summed E-state index contributed by atoms with van der Waals surface area (Å²) in [6.07, 6.45) is 1.25. The molecule has 0 radical (unpaired) electrons. The molecular formula is C33H34N4O5. The highest BCUT2D eigenvalue weighted by Gasteiger charge is 2.43. The van der Waals surface area contributed by atoms with E-state index in [9.17, 15) is 19.5 Å². The van der Waals surface area contributed by atoms with Crippen LogP contribution in [0.3, 0.4) is 0 Å². The number of aliphatic hydroxyl groups is 1. The van der Waals surface area contributed by atoms with Gasteiger partial charge < -0.3 is 29.5 Å². The second-order valence-corrected chi connectivity index (χ2v) is 11.1. The van der Waals surface area contributed by atoms with E-state index in [0.29, 0.717) is 17.9 Å². The highest BCUT2D eigenvalue weighted by Crippen LogP contribution is 2.36. The van der Waals surface area contributed by atoms with Crippen LogP contribution in [0.25, 0.3) is 10.9 Å². The van der Waals surface area contributed by atoms with Crippen molar-refractivity contribution in [1.29, 1.82) is 0 Å². The molecule has 2 N–H and O–H groups in total. The summed E-state index contributed by atoms with van der Waals surface area (Å²) in [5.41, 5.74) is 5.00. The fourth-order valence-electron chi connectivity index (χ4n) is 6.26. The Bertz CT molecular complexity index is 1700. The van der Waals surface area contributed by atoms with Crippen LogP contribution in [0.4, 0.5) is 5.69 Å². The summed E-state index contributed by atoms with van der Waals surface area (Å²) < 4.78 is 7.51. The number of β-amino-alcohol motifs (C(OH)–C–C–N with tert-alkyl or cyclic N) is 1. The Morgan fingerprint density at radius 1 is 1.05 bits per heavy atom. The normalized spacial score (nSPS) is 20.1. The number of methoxy groups -OCH3 is 1. The van der Waals surface area contributed by atoms with Crippen LogP contribution in [0.1, 0.15) is 33.5 Å². The van der Waals surface area contributed by atoms with Crippen molar-refractivity contribution in [3.63, 3.8) is 0 Å². The van der Waals surface area contributed by atoms with Gasteiger partial charge in [-0.2, -0.15) is 0 Å². The Labute approximate surface area is 244 Å². The van der Waals surface area contributed by atoms with E-state index in [0.717, 1.165) is 33.3 Å². The molecule has 0 saturated carbocycles. The van der Waals surface area contributed by atoms with Gasteiger partial charge in [0.25, 0.3) is 5.91 Å². The number of carbonyl (C=O) groups is 3. The third-order valence-electron chi connectivity index (χ3n) is 8.47. The molecule has 42 heavy (non-hydrogen) atoms. The summed E-state index contributed by atoms with van der Waals surface area (Å²) in [7, 11) is 3.45. The number of para-hydroxylation sites is 1. The molecule has 3 amide bonds. The minimum Gasteiger partial charge on any atom is -0.496 e. The van der Waals surface area contributed by atoms with E-state index in [1.54, 1.807) is 18.2 Å². The first-order valence-corrected chi connectivity index (χ1v) is 14.1. The van der Waals surface area contributed by atoms with Crippen LogP contribution in [0.5, 0.6) is 5.75 Å². The fraction of sp³-hybridized carbons (Fsp3) is 0.303. The maximum Gasteiger partial charge on any atom is 0.256 e. The first-order valence-electron chi connectivity index (χ1n) is 14.1. The molecule has 4 aromatic rings. The smallest absolute Gasteiger partial charge is 0.256 e. The van der Waals surface area contributed by atoms with Crippen LogP contribution in [0.2, 0.25) is 0 Å². The predicted octanol–water partition coefficient (Wildman–Crippen LogP) is 3.35. The molecule has 1 fully saturated rings. The highest BCUT2D eigenvalue weighted by atomic mass is 16.5. The van der Waals surface area contributed by atoms with E-state index in [4.69, 9.17) is 4.74 Å². The molecule has 2 unspecified atom stereocenters. The fourth-order valence-corrected chi connectivity index (χ4v) is 6.26. The van der Waals surface area contributed by atoms with Gasteiger partial charge in [0, 0.05) is 49.1 Å². The lowest BCUT2D eigenvalue weighted by Crippen LogP contribution is -2.56. The van der Waals surface area contributed by atoms with Gasteiger partial charge in [-0.05, 0) is 36.2 Å². The molecule has 9 heteroatoms. The summed E-state index contributed by atoms with van der Waals surface area (Å²) in [6, 6.07) is 19.3. The van der Waals surface area contributed by atoms with Crippen molar-refractivity contribution in [1.82, 2.24) is 14.8 Å². The number of nitrogens with zero attached hydrogens (tertiary/aromatic N) is 3. The van der Waals surface area contributed by atoms with Crippen LogP contribution < -0.4 is 15.0 Å². The van der Waals surface area contributed by atoms with E-state index in [1.807, 2.05) is 85.3 Å². The van der Waals surface area contributed by atoms with E-state index < -0.39 is 24.1 Å². The molecule has 3 atom stereocenters. The largest absolute Gasteiger partial charge is 0.496 e. The minimum atomic E-state index is -0.914. The Kier molecular flexibility index (Phi) is 7.20. The number of benzene rings is 3. The Hall–Kier alpha value is -4.63. The number of aromatic nitrogens is 1. The van der Waals surface area contributed by atoms with Crippen molar-refractivity contribution >= 4 is 34.3 Å². The number of nitrogens with one attached hydrogen (secondary N) is 1. The first-order chi connectivity index (χ1) is 20.3. The average Bonchev–Trinajstić information content (AvgIpc) is 3.55. The topological polar surface area (TPSA) is 104 Å². The van der Waals surface area contributed by atoms with Crippen molar-refractivity contribution in [2.75, 3.05) is 18.6 Å². The maximum atomic E-state index is 13.9. The number of hydrogen-bond donors (Lipinski definition) is 2. The monoisotopic (exact) mass is 566 g/mol. The van der Waals surface area contributed by atoms with Crippen molar-refractivity contribution in [2.45, 2.75) is 44.5 Å². The molecule has 0 spiro atoms. The maximum absolute atomic E-state index is 13.9. The Morgan fingerprint density at radius 3 is 2.60 bits per heavy atom. The van der Waals surface area contributed by atoms with Gasteiger partial charge in [-0.1, -0.05) is 48.5 Å². The van der Waals surface area contributed by atoms with Crippen molar-refractivity contribution in [3.05, 3.63) is 95.2 Å². The number of likely N-dealkylation sites (tertiary alicyclic amines) is 1. The molecule has 0 aliphatic carbocycles. The molecule has 2 aliphatic rings. The summed E-state index contributed by atoms with van der Waals surface area (Å²) in [5, 5.41) is 14.3. The van der Waals surface area contributed by atoms with Gasteiger partial charge in [0.1, 0.15) is 17.8 Å². The summed E-state index contributed by atoms with van der Waals surface area (Å²) in [5.74, 6) is -0.393. The number of aryl methyl sites for hydroxylation is 2. The van der Waals surface area contributed by atoms with Crippen molar-refractivity contribution in [2.24, 2.45) is 7.05 Å². The molecule has 6 rings (SSSR count). The number of ether oxygens (including phenoxy) is 1. The number of amides is 3. The Morgan fingerprint density at radius 2 is 1.81 bits per heavy atom. The lowest BCUT2D eigenvalue weighted by molar-refractivity contribution is -0.130. The number of anilines is 1. The zero-order chi connectivity index (χ0) is 29.5. The summed E-state index contributed by atoms with van der Waals surface area (Å²) in [4.78, 5) is 44.6. The van der Waals surface area contributed by atoms with Crippen molar-refractivity contribution in [3.8, 4) is 5.75 Å². The van der Waals surface area contributed by atoms with Crippen LogP contribution in [0.15, 0.2) is 72.9 Å². The first kappa shape index (κ1) is 27.5. The molecule has 216 valence electrons. The van der Waals surface area contributed by atoms with Gasteiger partial charge in [-0.15, -0.1) is 0 Å². The number of rotatable bonds is 6. The third kappa shape index (κ3) is 4.79. The number of hydrogen-bond acceptors (Lipinski definition) is 5. The SMILES string of the molecule is COc1cccc2c1CC(NC(=O)C1C[C@@H](O)CN1C(=O)c1cn(C)c3ccccc13)C(=O)N2Cc1ccccc1C. The highest BCUT2D eigenvalue weighted by molar-refractivity contribution is 6.09. The lowest BCUT2D eigenvalue weighted by atomic mass is 9.94. The van der Waals surface area contributed by atoms with E-state index in [1.165, 1.54) is 4.90 Å². The van der Waals surface area contributed by atoms with E-state index in [2.05, 4.69) is 5.32 Å². The minimum absolute atomic E-state index is 0.0365. The third-order valence-corrected chi connectivity index (χ3v) is 8.47. The molecule has 0 bridgehead atoms. The predicted molar refractivity (Wildman–Crippen MR) is 159 cm³/mol. The molecule has 2 aliphatic heterocycles. The van der Waals surface area contributed by atoms with Crippen LogP contribution >= 0.6 is 0 Å². The van der Waals surface area contributed by atoms with Crippen LogP contribution in [-0.2, 0) is 29.6 Å². The second-order valence-electron chi connectivity index (χ2n) is 11.1. The average molecular weight is 567 g/mol. The van der Waals surface area contributed by atoms with Gasteiger partial charge >= 0.3 is 0 Å². The molecule has 3 heterocycles. The van der Waals surface area contributed by atoms with E-state index >= 15 is 0 Å². The summed E-state index contributed by atoms with van der Waals surface area (Å²) in [6.45, 7) is 2.38. The zero-order valence-corrected chi connectivity index (χ0v) is 23.9. The zero-order valence-electron chi connectivity index (χ0n) is 23.9. The molecular weight excluding hydrogens is 532 g/mol. The molecule has 1 saturated heterocycles. The van der Waals surface area contributed by atoms with Gasteiger partial charge in [-0.3, -0.25) is 14.4 Å². The van der Waals surface area contributed by atoms with Gasteiger partial charge in [0.2, 0.25) is 11.8 Å². The van der Waals surface area contributed by atoms with Crippen LogP contribution in [-0.4, -0.2) is 64.1 Å². The van der Waals surface area contributed by atoms with Gasteiger partial charge in [0.15, 0.2) is 0 Å².